The number of rotatable bonds is 7. The van der Waals surface area contributed by atoms with Gasteiger partial charge in [0.15, 0.2) is 0 Å². The van der Waals surface area contributed by atoms with Crippen LogP contribution in [0.2, 0.25) is 0 Å². The maximum Gasteiger partial charge on any atom is 0.416 e. The molecular weight excluding hydrogens is 625 g/mol. The molecule has 41 heavy (non-hydrogen) atoms. The summed E-state index contributed by atoms with van der Waals surface area (Å²) in [6.07, 6.45) is -1.51. The molecule has 1 N–H and O–H groups in total. The lowest BCUT2D eigenvalue weighted by Crippen LogP contribution is -2.56. The molecule has 8 nitrogen and oxygen atoms in total. The Hall–Kier alpha value is -2.48. The van der Waals surface area contributed by atoms with E-state index >= 15 is 0 Å². The van der Waals surface area contributed by atoms with Crippen LogP contribution in [0.1, 0.15) is 54.8 Å². The smallest absolute Gasteiger partial charge is 0.350 e. The Morgan fingerprint density at radius 3 is 2.37 bits per heavy atom. The molecule has 3 saturated heterocycles. The van der Waals surface area contributed by atoms with Crippen LogP contribution in [0.3, 0.4) is 0 Å². The molecule has 0 unspecified atom stereocenters. The number of nitrogens with zero attached hydrogens (tertiary/aromatic N) is 3. The highest BCUT2D eigenvalue weighted by atomic mass is 79.9. The van der Waals surface area contributed by atoms with Gasteiger partial charge in [0, 0.05) is 37.2 Å². The van der Waals surface area contributed by atoms with Gasteiger partial charge in [0.05, 0.1) is 17.5 Å². The van der Waals surface area contributed by atoms with Crippen LogP contribution < -0.4 is 5.32 Å². The number of alkyl halides is 3. The van der Waals surface area contributed by atoms with Gasteiger partial charge in [-0.15, -0.1) is 0 Å². The van der Waals surface area contributed by atoms with Crippen LogP contribution in [-0.4, -0.2) is 66.0 Å². The lowest BCUT2D eigenvalue weighted by Gasteiger charge is -2.44. The first kappa shape index (κ1) is 30.0. The molecule has 2 aromatic rings. The molecule has 13 heteroatoms. The fourth-order valence-corrected chi connectivity index (χ4v) is 8.17. The van der Waals surface area contributed by atoms with Crippen molar-refractivity contribution in [2.45, 2.75) is 56.9 Å². The monoisotopic (exact) mass is 656 g/mol. The van der Waals surface area contributed by atoms with E-state index in [0.29, 0.717) is 50.9 Å². The summed E-state index contributed by atoms with van der Waals surface area (Å²) in [4.78, 5) is 28.1. The van der Waals surface area contributed by atoms with Crippen molar-refractivity contribution in [1.29, 1.82) is 0 Å². The predicted octanol–water partition coefficient (Wildman–Crippen LogP) is 4.48. The summed E-state index contributed by atoms with van der Waals surface area (Å²) in [6, 6.07) is 11.2. The molecule has 3 aliphatic rings. The highest BCUT2D eigenvalue weighted by molar-refractivity contribution is 9.10. The summed E-state index contributed by atoms with van der Waals surface area (Å²) in [6.45, 7) is 1.27. The van der Waals surface area contributed by atoms with Crippen molar-refractivity contribution >= 4 is 38.0 Å². The van der Waals surface area contributed by atoms with Crippen molar-refractivity contribution in [3.63, 3.8) is 0 Å². The van der Waals surface area contributed by atoms with Crippen LogP contribution in [0.4, 0.5) is 13.2 Å². The fraction of sp³-hybridized carbons (Fsp3) is 0.500. The highest BCUT2D eigenvalue weighted by Crippen LogP contribution is 2.39. The van der Waals surface area contributed by atoms with Gasteiger partial charge in [-0.05, 0) is 67.5 Å². The summed E-state index contributed by atoms with van der Waals surface area (Å²) in [5.74, 6) is -1.15. The molecule has 2 aromatic carbocycles. The number of hydrogen-bond acceptors (Lipinski definition) is 4. The summed E-state index contributed by atoms with van der Waals surface area (Å²) in [5, 5.41) is 2.74. The van der Waals surface area contributed by atoms with E-state index in [4.69, 9.17) is 0 Å². The lowest BCUT2D eigenvalue weighted by atomic mass is 9.97. The van der Waals surface area contributed by atoms with E-state index in [-0.39, 0.29) is 30.9 Å². The SMILES string of the molecule is O=C(NCc1ccc(C(F)(F)F)cc1)[C@H]1CCCN1C(=O)[C@H]1CCCN(S(=O)(=O)N2CC[C@@H]2c2cccc(Br)c2)C1. The van der Waals surface area contributed by atoms with E-state index in [0.717, 1.165) is 28.6 Å². The Balaban J connectivity index is 1.20. The fourth-order valence-electron chi connectivity index (χ4n) is 5.84. The van der Waals surface area contributed by atoms with E-state index in [2.05, 4.69) is 21.2 Å². The number of amides is 2. The number of nitrogens with one attached hydrogen (secondary N) is 1. The summed E-state index contributed by atoms with van der Waals surface area (Å²) < 4.78 is 69.4. The lowest BCUT2D eigenvalue weighted by molar-refractivity contribution is -0.142. The molecule has 0 bridgehead atoms. The third-order valence-electron chi connectivity index (χ3n) is 8.15. The van der Waals surface area contributed by atoms with Gasteiger partial charge in [0.2, 0.25) is 11.8 Å². The molecule has 222 valence electrons. The molecule has 0 aliphatic carbocycles. The number of piperidine rings is 1. The highest BCUT2D eigenvalue weighted by Gasteiger charge is 2.45. The van der Waals surface area contributed by atoms with Crippen molar-refractivity contribution in [3.05, 3.63) is 69.7 Å². The minimum atomic E-state index is -4.43. The molecule has 2 amide bonds. The molecule has 0 spiro atoms. The number of hydrogen-bond donors (Lipinski definition) is 1. The van der Waals surface area contributed by atoms with Gasteiger partial charge in [-0.3, -0.25) is 9.59 Å². The van der Waals surface area contributed by atoms with Gasteiger partial charge in [-0.25, -0.2) is 0 Å². The summed E-state index contributed by atoms with van der Waals surface area (Å²) in [5.41, 5.74) is 0.671. The van der Waals surface area contributed by atoms with Crippen LogP contribution in [-0.2, 0) is 32.5 Å². The van der Waals surface area contributed by atoms with Crippen LogP contribution in [0.15, 0.2) is 53.0 Å². The van der Waals surface area contributed by atoms with Gasteiger partial charge in [0.25, 0.3) is 10.2 Å². The van der Waals surface area contributed by atoms with E-state index in [1.165, 1.54) is 25.6 Å². The van der Waals surface area contributed by atoms with Crippen molar-refractivity contribution < 1.29 is 31.2 Å². The second kappa shape index (κ2) is 12.0. The Labute approximate surface area is 246 Å². The van der Waals surface area contributed by atoms with Gasteiger partial charge in [-0.2, -0.15) is 30.2 Å². The number of carbonyl (C=O) groups is 2. The van der Waals surface area contributed by atoms with Gasteiger partial charge < -0.3 is 10.2 Å². The Morgan fingerprint density at radius 2 is 1.71 bits per heavy atom. The Bertz CT molecular complexity index is 1390. The van der Waals surface area contributed by atoms with Crippen LogP contribution in [0.25, 0.3) is 0 Å². The zero-order valence-corrected chi connectivity index (χ0v) is 24.7. The molecular formula is C28H32BrF3N4O4S. The predicted molar refractivity (Wildman–Crippen MR) is 149 cm³/mol. The first-order valence-corrected chi connectivity index (χ1v) is 15.9. The van der Waals surface area contributed by atoms with Gasteiger partial charge in [0.1, 0.15) is 6.04 Å². The van der Waals surface area contributed by atoms with E-state index < -0.39 is 33.9 Å². The molecule has 0 aromatic heterocycles. The quantitative estimate of drug-likeness (QED) is 0.476. The molecule has 5 rings (SSSR count). The third-order valence-corrected chi connectivity index (χ3v) is 10.7. The Morgan fingerprint density at radius 1 is 0.976 bits per heavy atom. The van der Waals surface area contributed by atoms with Crippen LogP contribution in [0, 0.1) is 5.92 Å². The van der Waals surface area contributed by atoms with Crippen molar-refractivity contribution in [2.75, 3.05) is 26.2 Å². The van der Waals surface area contributed by atoms with Crippen LogP contribution in [0.5, 0.6) is 0 Å². The minimum absolute atomic E-state index is 0.0416. The van der Waals surface area contributed by atoms with E-state index in [1.807, 2.05) is 24.3 Å². The van der Waals surface area contributed by atoms with E-state index in [1.54, 1.807) is 0 Å². The maximum absolute atomic E-state index is 13.6. The largest absolute Gasteiger partial charge is 0.416 e. The molecule has 0 saturated carbocycles. The zero-order valence-electron chi connectivity index (χ0n) is 22.3. The van der Waals surface area contributed by atoms with Gasteiger partial charge in [-0.1, -0.05) is 40.2 Å². The second-order valence-electron chi connectivity index (χ2n) is 10.8. The number of carbonyl (C=O) groups excluding carboxylic acids is 2. The van der Waals surface area contributed by atoms with E-state index in [9.17, 15) is 31.2 Å². The minimum Gasteiger partial charge on any atom is -0.350 e. The number of halogens is 4. The molecule has 3 aliphatic heterocycles. The van der Waals surface area contributed by atoms with Crippen molar-refractivity contribution in [2.24, 2.45) is 5.92 Å². The van der Waals surface area contributed by atoms with Crippen molar-refractivity contribution in [1.82, 2.24) is 18.8 Å². The topological polar surface area (TPSA) is 90.0 Å². The summed E-state index contributed by atoms with van der Waals surface area (Å²) >= 11 is 3.45. The maximum atomic E-state index is 13.6. The average Bonchev–Trinajstić information content (AvgIpc) is 3.40. The number of likely N-dealkylation sites (tertiary alicyclic amines) is 1. The first-order valence-electron chi connectivity index (χ1n) is 13.7. The average molecular weight is 658 g/mol. The third kappa shape index (κ3) is 6.47. The zero-order chi connectivity index (χ0) is 29.4. The molecule has 3 fully saturated rings. The first-order chi connectivity index (χ1) is 19.4. The van der Waals surface area contributed by atoms with Crippen LogP contribution >= 0.6 is 15.9 Å². The second-order valence-corrected chi connectivity index (χ2v) is 13.6. The standard InChI is InChI=1S/C28H32BrF3N4O4S/c29-23-6-1-4-20(16-23)24-12-15-36(24)41(39,40)34-13-2-5-21(18-34)27(38)35-14-3-7-25(35)26(37)33-17-19-8-10-22(11-9-19)28(30,31)32/h1,4,6,8-11,16,21,24-25H,2-3,5,7,12-15,17-18H2,(H,33,37)/t21-,24+,25+/m0/s1. The van der Waals surface area contributed by atoms with Crippen molar-refractivity contribution in [3.8, 4) is 0 Å². The normalized spacial score (nSPS) is 24.2. The molecule has 3 heterocycles. The Kier molecular flexibility index (Phi) is 8.79. The molecule has 0 radical (unpaired) electrons. The number of benzene rings is 2. The molecule has 3 atom stereocenters. The van der Waals surface area contributed by atoms with Gasteiger partial charge >= 0.3 is 6.18 Å². The summed E-state index contributed by atoms with van der Waals surface area (Å²) in [7, 11) is -3.78.